The Bertz CT molecular complexity index is 1290. The molecular formula is C23H17N5O3. The lowest BCUT2D eigenvalue weighted by Crippen LogP contribution is -2.35. The molecule has 0 fully saturated rings. The summed E-state index contributed by atoms with van der Waals surface area (Å²) >= 11 is 0. The van der Waals surface area contributed by atoms with E-state index in [9.17, 15) is 9.59 Å². The van der Waals surface area contributed by atoms with Crippen molar-refractivity contribution >= 4 is 11.9 Å². The monoisotopic (exact) mass is 411 g/mol. The average molecular weight is 411 g/mol. The minimum Gasteiger partial charge on any atom is -0.478 e. The highest BCUT2D eigenvalue weighted by Gasteiger charge is 2.20. The molecule has 2 aromatic carbocycles. The first-order chi connectivity index (χ1) is 15.1. The molecule has 31 heavy (non-hydrogen) atoms. The van der Waals surface area contributed by atoms with Gasteiger partial charge in [-0.25, -0.2) is 14.8 Å². The zero-order valence-corrected chi connectivity index (χ0v) is 16.3. The van der Waals surface area contributed by atoms with Crippen LogP contribution in [-0.4, -0.2) is 43.3 Å². The number of benzene rings is 2. The maximum Gasteiger partial charge on any atom is 0.335 e. The normalized spacial score (nSPS) is 12.8. The third-order valence-electron chi connectivity index (χ3n) is 5.15. The lowest BCUT2D eigenvalue weighted by molar-refractivity contribution is 0.0696. The van der Waals surface area contributed by atoms with Crippen LogP contribution in [0, 0.1) is 0 Å². The van der Waals surface area contributed by atoms with E-state index in [0.29, 0.717) is 36.0 Å². The second-order valence-corrected chi connectivity index (χ2v) is 7.12. The van der Waals surface area contributed by atoms with E-state index in [0.717, 1.165) is 16.7 Å². The number of nitrogens with zero attached hydrogens (tertiary/aromatic N) is 4. The van der Waals surface area contributed by atoms with Crippen LogP contribution in [0.4, 0.5) is 0 Å². The van der Waals surface area contributed by atoms with Crippen LogP contribution in [-0.2, 0) is 6.54 Å². The Balaban J connectivity index is 1.42. The van der Waals surface area contributed by atoms with Crippen molar-refractivity contribution in [1.82, 2.24) is 25.1 Å². The number of hydrogen-bond acceptors (Lipinski definition) is 5. The highest BCUT2D eigenvalue weighted by molar-refractivity contribution is 5.94. The first kappa shape index (κ1) is 18.7. The predicted octanol–water partition coefficient (Wildman–Crippen LogP) is 3.12. The molecule has 2 N–H and O–H groups in total. The van der Waals surface area contributed by atoms with Crippen LogP contribution < -0.4 is 5.32 Å². The summed E-state index contributed by atoms with van der Waals surface area (Å²) in [4.78, 5) is 32.0. The third-order valence-corrected chi connectivity index (χ3v) is 5.15. The summed E-state index contributed by atoms with van der Waals surface area (Å²) in [6.45, 7) is 1.20. The Morgan fingerprint density at radius 3 is 2.29 bits per heavy atom. The standard InChI is InChI=1S/C23H17N5O3/c29-22-20-13-19(27-28(20)12-11-25-22)18-9-10-24-21(26-18)16-5-1-14(2-6-16)15-3-7-17(8-4-15)23(30)31/h1-10,13H,11-12H2,(H,25,29)(H,30,31). The quantitative estimate of drug-likeness (QED) is 0.534. The van der Waals surface area contributed by atoms with E-state index in [1.807, 2.05) is 24.3 Å². The molecule has 4 aromatic rings. The van der Waals surface area contributed by atoms with Crippen LogP contribution in [0.2, 0.25) is 0 Å². The number of carboxylic acid groups (broad SMARTS) is 1. The maximum absolute atomic E-state index is 12.0. The molecule has 152 valence electrons. The van der Waals surface area contributed by atoms with E-state index in [1.54, 1.807) is 47.3 Å². The third kappa shape index (κ3) is 3.55. The first-order valence-electron chi connectivity index (χ1n) is 9.72. The number of hydrogen-bond donors (Lipinski definition) is 2. The van der Waals surface area contributed by atoms with Crippen molar-refractivity contribution in [2.45, 2.75) is 6.54 Å². The van der Waals surface area contributed by atoms with E-state index in [2.05, 4.69) is 20.4 Å². The minimum atomic E-state index is -0.946. The van der Waals surface area contributed by atoms with Gasteiger partial charge in [-0.05, 0) is 35.4 Å². The van der Waals surface area contributed by atoms with E-state index in [1.165, 1.54) is 0 Å². The fourth-order valence-electron chi connectivity index (χ4n) is 3.52. The molecule has 1 aliphatic heterocycles. The second-order valence-electron chi connectivity index (χ2n) is 7.12. The summed E-state index contributed by atoms with van der Waals surface area (Å²) in [6.07, 6.45) is 1.68. The van der Waals surface area contributed by atoms with Gasteiger partial charge in [0.1, 0.15) is 11.4 Å². The van der Waals surface area contributed by atoms with Gasteiger partial charge in [0.05, 0.1) is 17.8 Å². The number of carbonyl (C=O) groups excluding carboxylic acids is 1. The molecule has 8 heteroatoms. The van der Waals surface area contributed by atoms with Gasteiger partial charge in [-0.3, -0.25) is 9.48 Å². The lowest BCUT2D eigenvalue weighted by Gasteiger charge is -2.13. The zero-order valence-electron chi connectivity index (χ0n) is 16.3. The van der Waals surface area contributed by atoms with Crippen LogP contribution in [0.3, 0.4) is 0 Å². The number of nitrogens with one attached hydrogen (secondary N) is 1. The Hall–Kier alpha value is -4.33. The molecule has 0 spiro atoms. The molecular weight excluding hydrogens is 394 g/mol. The zero-order chi connectivity index (χ0) is 21.4. The van der Waals surface area contributed by atoms with Gasteiger partial charge >= 0.3 is 5.97 Å². The molecule has 8 nitrogen and oxygen atoms in total. The van der Waals surface area contributed by atoms with Gasteiger partial charge in [0, 0.05) is 18.3 Å². The summed E-state index contributed by atoms with van der Waals surface area (Å²) in [5.74, 6) is -0.523. The Morgan fingerprint density at radius 1 is 0.935 bits per heavy atom. The SMILES string of the molecule is O=C(O)c1ccc(-c2ccc(-c3nccc(-c4cc5n(n4)CCNC5=O)n3)cc2)cc1. The van der Waals surface area contributed by atoms with Crippen LogP contribution >= 0.6 is 0 Å². The molecule has 0 saturated carbocycles. The highest BCUT2D eigenvalue weighted by atomic mass is 16.4. The molecule has 0 radical (unpaired) electrons. The molecule has 0 aliphatic carbocycles. The van der Waals surface area contributed by atoms with E-state index in [-0.39, 0.29) is 11.5 Å². The van der Waals surface area contributed by atoms with E-state index < -0.39 is 5.97 Å². The summed E-state index contributed by atoms with van der Waals surface area (Å²) in [7, 11) is 0. The molecule has 1 aliphatic rings. The van der Waals surface area contributed by atoms with Crippen LogP contribution in [0.25, 0.3) is 33.9 Å². The van der Waals surface area contributed by atoms with Gasteiger partial charge in [-0.1, -0.05) is 36.4 Å². The predicted molar refractivity (Wildman–Crippen MR) is 113 cm³/mol. The molecule has 2 aromatic heterocycles. The number of carbonyl (C=O) groups is 2. The van der Waals surface area contributed by atoms with Crippen molar-refractivity contribution in [2.24, 2.45) is 0 Å². The van der Waals surface area contributed by atoms with Crippen LogP contribution in [0.5, 0.6) is 0 Å². The smallest absolute Gasteiger partial charge is 0.335 e. The number of aromatic nitrogens is 4. The molecule has 0 bridgehead atoms. The average Bonchev–Trinajstić information content (AvgIpc) is 3.25. The first-order valence-corrected chi connectivity index (χ1v) is 9.72. The molecule has 1 amide bonds. The molecule has 0 unspecified atom stereocenters. The van der Waals surface area contributed by atoms with Gasteiger partial charge in [0.25, 0.3) is 5.91 Å². The topological polar surface area (TPSA) is 110 Å². The summed E-state index contributed by atoms with van der Waals surface area (Å²) < 4.78 is 1.69. The Kier molecular flexibility index (Phi) is 4.51. The highest BCUT2D eigenvalue weighted by Crippen LogP contribution is 2.25. The number of fused-ring (bicyclic) bond motifs is 1. The molecule has 3 heterocycles. The van der Waals surface area contributed by atoms with Gasteiger partial charge in [0.2, 0.25) is 0 Å². The molecule has 0 saturated heterocycles. The molecule has 5 rings (SSSR count). The minimum absolute atomic E-state index is 0.133. The van der Waals surface area contributed by atoms with E-state index in [4.69, 9.17) is 5.11 Å². The molecule has 0 atom stereocenters. The summed E-state index contributed by atoms with van der Waals surface area (Å²) in [5, 5.41) is 16.3. The lowest BCUT2D eigenvalue weighted by atomic mass is 10.0. The summed E-state index contributed by atoms with van der Waals surface area (Å²) in [5.41, 5.74) is 4.79. The number of amides is 1. The fraction of sp³-hybridized carbons (Fsp3) is 0.0870. The summed E-state index contributed by atoms with van der Waals surface area (Å²) in [6, 6.07) is 18.0. The van der Waals surface area contributed by atoms with Crippen LogP contribution in [0.1, 0.15) is 20.8 Å². The number of rotatable bonds is 4. The van der Waals surface area contributed by atoms with Crippen molar-refractivity contribution in [3.05, 3.63) is 78.1 Å². The second kappa shape index (κ2) is 7.49. The van der Waals surface area contributed by atoms with Gasteiger partial charge in [-0.15, -0.1) is 0 Å². The Morgan fingerprint density at radius 2 is 1.61 bits per heavy atom. The van der Waals surface area contributed by atoms with Crippen LogP contribution in [0.15, 0.2) is 66.9 Å². The van der Waals surface area contributed by atoms with Crippen molar-refractivity contribution in [3.63, 3.8) is 0 Å². The van der Waals surface area contributed by atoms with Crippen molar-refractivity contribution in [2.75, 3.05) is 6.54 Å². The van der Waals surface area contributed by atoms with E-state index >= 15 is 0 Å². The van der Waals surface area contributed by atoms with Gasteiger partial charge < -0.3 is 10.4 Å². The number of carboxylic acids is 1. The fourth-order valence-corrected chi connectivity index (χ4v) is 3.52. The van der Waals surface area contributed by atoms with Gasteiger partial charge in [0.15, 0.2) is 5.82 Å². The number of aromatic carboxylic acids is 1. The maximum atomic E-state index is 12.0. The van der Waals surface area contributed by atoms with Crippen molar-refractivity contribution in [1.29, 1.82) is 0 Å². The van der Waals surface area contributed by atoms with Crippen molar-refractivity contribution in [3.8, 4) is 33.9 Å². The largest absolute Gasteiger partial charge is 0.478 e. The Labute approximate surface area is 177 Å². The van der Waals surface area contributed by atoms with Crippen molar-refractivity contribution < 1.29 is 14.7 Å². The van der Waals surface area contributed by atoms with Gasteiger partial charge in [-0.2, -0.15) is 5.10 Å².